The van der Waals surface area contributed by atoms with Crippen LogP contribution in [0.1, 0.15) is 12.8 Å². The van der Waals surface area contributed by atoms with Crippen LogP contribution < -0.4 is 14.8 Å². The van der Waals surface area contributed by atoms with Gasteiger partial charge in [-0.3, -0.25) is 4.72 Å². The number of nitrogens with one attached hydrogen (secondary N) is 1. The molecule has 88 valence electrons. The molecular formula is C9H14N4O2S. The molecule has 1 aromatic heterocycles. The van der Waals surface area contributed by atoms with Crippen molar-refractivity contribution in [2.75, 3.05) is 22.7 Å². The average Bonchev–Trinajstić information content (AvgIpc) is 2.69. The third kappa shape index (κ3) is 2.61. The summed E-state index contributed by atoms with van der Waals surface area (Å²) in [6, 6.07) is 3.33. The normalized spacial score (nSPS) is 16.4. The van der Waals surface area contributed by atoms with Crippen LogP contribution in [0.2, 0.25) is 0 Å². The smallest absolute Gasteiger partial charge is 0.296 e. The molecule has 2 heterocycles. The van der Waals surface area contributed by atoms with E-state index < -0.39 is 10.2 Å². The van der Waals surface area contributed by atoms with E-state index in [0.29, 0.717) is 11.5 Å². The second-order valence-electron chi connectivity index (χ2n) is 3.72. The van der Waals surface area contributed by atoms with Gasteiger partial charge in [0.1, 0.15) is 0 Å². The Bertz CT molecular complexity index is 468. The molecular weight excluding hydrogens is 228 g/mol. The van der Waals surface area contributed by atoms with Crippen molar-refractivity contribution in [2.24, 2.45) is 5.14 Å². The Morgan fingerprint density at radius 3 is 2.69 bits per heavy atom. The third-order valence-electron chi connectivity index (χ3n) is 2.44. The van der Waals surface area contributed by atoms with E-state index in [1.807, 2.05) is 4.90 Å². The van der Waals surface area contributed by atoms with Crippen LogP contribution in [-0.4, -0.2) is 26.5 Å². The summed E-state index contributed by atoms with van der Waals surface area (Å²) < 4.78 is 24.2. The van der Waals surface area contributed by atoms with Gasteiger partial charge in [-0.15, -0.1) is 0 Å². The molecule has 1 aliphatic rings. The van der Waals surface area contributed by atoms with Crippen LogP contribution in [0.4, 0.5) is 11.5 Å². The second kappa shape index (κ2) is 4.26. The van der Waals surface area contributed by atoms with Crippen LogP contribution in [-0.2, 0) is 10.2 Å². The number of nitrogens with two attached hydrogens (primary N) is 1. The van der Waals surface area contributed by atoms with E-state index in [4.69, 9.17) is 5.14 Å². The zero-order chi connectivity index (χ0) is 11.6. The number of hydrogen-bond donors (Lipinski definition) is 2. The van der Waals surface area contributed by atoms with E-state index in [1.165, 1.54) is 0 Å². The number of anilines is 2. The predicted molar refractivity (Wildman–Crippen MR) is 62.4 cm³/mol. The summed E-state index contributed by atoms with van der Waals surface area (Å²) in [5, 5.41) is 4.95. The lowest BCUT2D eigenvalue weighted by molar-refractivity contribution is 0.603. The molecule has 7 heteroatoms. The molecule has 1 aromatic rings. The number of nitrogens with zero attached hydrogens (tertiary/aromatic N) is 2. The van der Waals surface area contributed by atoms with E-state index >= 15 is 0 Å². The summed E-state index contributed by atoms with van der Waals surface area (Å²) >= 11 is 0. The van der Waals surface area contributed by atoms with Gasteiger partial charge >= 0.3 is 0 Å². The second-order valence-corrected chi connectivity index (χ2v) is 5.01. The Kier molecular flexibility index (Phi) is 2.97. The molecule has 0 radical (unpaired) electrons. The molecule has 0 aromatic carbocycles. The van der Waals surface area contributed by atoms with Crippen molar-refractivity contribution in [1.29, 1.82) is 0 Å². The Morgan fingerprint density at radius 2 is 2.06 bits per heavy atom. The van der Waals surface area contributed by atoms with E-state index in [0.717, 1.165) is 25.9 Å². The molecule has 1 aliphatic heterocycles. The Balaban J connectivity index is 2.30. The fourth-order valence-corrected chi connectivity index (χ4v) is 2.28. The first-order valence-corrected chi connectivity index (χ1v) is 6.61. The molecule has 0 aliphatic carbocycles. The highest BCUT2D eigenvalue weighted by atomic mass is 32.2. The maximum absolute atomic E-state index is 11.0. The molecule has 0 spiro atoms. The highest BCUT2D eigenvalue weighted by molar-refractivity contribution is 7.90. The minimum absolute atomic E-state index is 0.437. The molecule has 0 unspecified atom stereocenters. The minimum Gasteiger partial charge on any atom is -0.355 e. The Morgan fingerprint density at radius 1 is 1.38 bits per heavy atom. The van der Waals surface area contributed by atoms with Crippen molar-refractivity contribution in [3.05, 3.63) is 18.3 Å². The fraction of sp³-hybridized carbons (Fsp3) is 0.444. The molecule has 3 N–H and O–H groups in total. The van der Waals surface area contributed by atoms with E-state index in [2.05, 4.69) is 9.71 Å². The summed E-state index contributed by atoms with van der Waals surface area (Å²) in [5.74, 6) is 0.647. The minimum atomic E-state index is -3.75. The number of pyridine rings is 1. The summed E-state index contributed by atoms with van der Waals surface area (Å²) in [4.78, 5) is 6.24. The van der Waals surface area contributed by atoms with Crippen LogP contribution >= 0.6 is 0 Å². The summed E-state index contributed by atoms with van der Waals surface area (Å²) in [5.41, 5.74) is 0.437. The topological polar surface area (TPSA) is 88.3 Å². The van der Waals surface area contributed by atoms with Crippen molar-refractivity contribution in [1.82, 2.24) is 4.98 Å². The van der Waals surface area contributed by atoms with Gasteiger partial charge < -0.3 is 4.90 Å². The number of rotatable bonds is 3. The van der Waals surface area contributed by atoms with Gasteiger partial charge in [0.2, 0.25) is 0 Å². The first-order chi connectivity index (χ1) is 7.56. The van der Waals surface area contributed by atoms with Gasteiger partial charge in [-0.2, -0.15) is 8.42 Å². The predicted octanol–water partition coefficient (Wildman–Crippen LogP) is 0.297. The molecule has 2 rings (SSSR count). The van der Waals surface area contributed by atoms with Crippen molar-refractivity contribution in [3.63, 3.8) is 0 Å². The maximum Gasteiger partial charge on any atom is 0.296 e. The van der Waals surface area contributed by atoms with Crippen molar-refractivity contribution >= 4 is 21.7 Å². The van der Waals surface area contributed by atoms with Crippen LogP contribution in [0.25, 0.3) is 0 Å². The SMILES string of the molecule is NS(=O)(=O)Nc1cccnc1N1CCCC1. The van der Waals surface area contributed by atoms with Crippen LogP contribution in [0.5, 0.6) is 0 Å². The summed E-state index contributed by atoms with van der Waals surface area (Å²) in [7, 11) is -3.75. The first kappa shape index (κ1) is 11.2. The van der Waals surface area contributed by atoms with E-state index in [9.17, 15) is 8.42 Å². The lowest BCUT2D eigenvalue weighted by Gasteiger charge is -2.19. The van der Waals surface area contributed by atoms with Crippen LogP contribution in [0, 0.1) is 0 Å². The fourth-order valence-electron chi connectivity index (χ4n) is 1.81. The largest absolute Gasteiger partial charge is 0.355 e. The lowest BCUT2D eigenvalue weighted by Crippen LogP contribution is -2.25. The molecule has 1 saturated heterocycles. The van der Waals surface area contributed by atoms with Gasteiger partial charge in [0.05, 0.1) is 5.69 Å². The Labute approximate surface area is 94.7 Å². The highest BCUT2D eigenvalue weighted by Gasteiger charge is 2.18. The summed E-state index contributed by atoms with van der Waals surface area (Å²) in [6.07, 6.45) is 3.85. The molecule has 0 amide bonds. The van der Waals surface area contributed by atoms with Crippen LogP contribution in [0.15, 0.2) is 18.3 Å². The average molecular weight is 242 g/mol. The highest BCUT2D eigenvalue weighted by Crippen LogP contribution is 2.26. The molecule has 0 bridgehead atoms. The van der Waals surface area contributed by atoms with Crippen molar-refractivity contribution in [2.45, 2.75) is 12.8 Å². The van der Waals surface area contributed by atoms with Crippen molar-refractivity contribution < 1.29 is 8.42 Å². The molecule has 0 atom stereocenters. The molecule has 1 fully saturated rings. The third-order valence-corrected chi connectivity index (χ3v) is 2.95. The standard InChI is InChI=1S/C9H14N4O2S/c10-16(14,15)12-8-4-3-5-11-9(8)13-6-1-2-7-13/h3-5,12H,1-2,6-7H2,(H2,10,14,15). The zero-order valence-electron chi connectivity index (χ0n) is 8.76. The monoisotopic (exact) mass is 242 g/mol. The molecule has 0 saturated carbocycles. The van der Waals surface area contributed by atoms with Gasteiger partial charge in [0.25, 0.3) is 10.2 Å². The van der Waals surface area contributed by atoms with Gasteiger partial charge in [-0.1, -0.05) is 0 Å². The van der Waals surface area contributed by atoms with Gasteiger partial charge in [0.15, 0.2) is 5.82 Å². The number of hydrogen-bond acceptors (Lipinski definition) is 4. The Hall–Kier alpha value is -1.34. The van der Waals surface area contributed by atoms with Crippen LogP contribution in [0.3, 0.4) is 0 Å². The van der Waals surface area contributed by atoms with Gasteiger partial charge in [-0.05, 0) is 25.0 Å². The van der Waals surface area contributed by atoms with E-state index in [-0.39, 0.29) is 0 Å². The first-order valence-electron chi connectivity index (χ1n) is 5.07. The molecule has 16 heavy (non-hydrogen) atoms. The quantitative estimate of drug-likeness (QED) is 0.797. The van der Waals surface area contributed by atoms with Gasteiger partial charge in [0, 0.05) is 19.3 Å². The molecule has 6 nitrogen and oxygen atoms in total. The summed E-state index contributed by atoms with van der Waals surface area (Å²) in [6.45, 7) is 1.80. The van der Waals surface area contributed by atoms with E-state index in [1.54, 1.807) is 18.3 Å². The number of aromatic nitrogens is 1. The van der Waals surface area contributed by atoms with Gasteiger partial charge in [-0.25, -0.2) is 10.1 Å². The zero-order valence-corrected chi connectivity index (χ0v) is 9.57. The van der Waals surface area contributed by atoms with Crippen molar-refractivity contribution in [3.8, 4) is 0 Å². The lowest BCUT2D eigenvalue weighted by atomic mass is 10.4. The maximum atomic E-state index is 11.0.